The summed E-state index contributed by atoms with van der Waals surface area (Å²) in [6, 6.07) is 21.7. The number of thiazole rings is 1. The van der Waals surface area contributed by atoms with E-state index >= 15 is 0 Å². The highest BCUT2D eigenvalue weighted by Gasteiger charge is 2.30. The van der Waals surface area contributed by atoms with Crippen LogP contribution in [0.1, 0.15) is 30.0 Å². The first kappa shape index (κ1) is 26.8. The molecule has 1 aromatic heterocycles. The summed E-state index contributed by atoms with van der Waals surface area (Å²) in [5.41, 5.74) is 3.18. The number of hydrogen-bond acceptors (Lipinski definition) is 3. The first-order valence-corrected chi connectivity index (χ1v) is 13.6. The van der Waals surface area contributed by atoms with Crippen molar-refractivity contribution in [1.29, 1.82) is 0 Å². The standard InChI is InChI=1S/C28H22F3N2S2.C2H6/c1-32-22-7-3-5-9-24(22)34-26(32)17-13-20(19-11-15-21(16-12-19)28(29,30)31)14-18-27-33(2)23-8-4-6-10-25(23)35-27;1-2/h3-18H,1-2H3;1-2H3/q+1;. The first-order valence-electron chi connectivity index (χ1n) is 12.0. The topological polar surface area (TPSA) is 7.12 Å². The molecule has 0 bridgehead atoms. The average molecular weight is 538 g/mol. The molecule has 37 heavy (non-hydrogen) atoms. The first-order chi connectivity index (χ1) is 17.8. The summed E-state index contributed by atoms with van der Waals surface area (Å²) in [6.07, 6.45) is 3.62. The molecule has 0 saturated carbocycles. The van der Waals surface area contributed by atoms with Crippen LogP contribution in [-0.4, -0.2) is 7.05 Å². The monoisotopic (exact) mass is 537 g/mol. The number of allylic oxidation sites excluding steroid dienone is 4. The number of fused-ring (bicyclic) bond motifs is 2. The second kappa shape index (κ2) is 11.4. The lowest BCUT2D eigenvalue weighted by molar-refractivity contribution is -0.642. The van der Waals surface area contributed by atoms with Crippen molar-refractivity contribution in [1.82, 2.24) is 0 Å². The quantitative estimate of drug-likeness (QED) is 0.189. The van der Waals surface area contributed by atoms with Crippen LogP contribution in [-0.2, 0) is 13.2 Å². The van der Waals surface area contributed by atoms with Crippen molar-refractivity contribution in [2.24, 2.45) is 7.05 Å². The molecule has 1 aliphatic rings. The molecule has 0 amide bonds. The third-order valence-electron chi connectivity index (χ3n) is 5.90. The van der Waals surface area contributed by atoms with Crippen LogP contribution in [0.5, 0.6) is 0 Å². The second-order valence-corrected chi connectivity index (χ2v) is 10.3. The van der Waals surface area contributed by atoms with Crippen LogP contribution in [0.3, 0.4) is 0 Å². The van der Waals surface area contributed by atoms with Crippen molar-refractivity contribution in [3.05, 3.63) is 112 Å². The Morgan fingerprint density at radius 3 is 2.27 bits per heavy atom. The molecule has 0 atom stereocenters. The summed E-state index contributed by atoms with van der Waals surface area (Å²) in [5, 5.41) is 2.10. The molecule has 3 aromatic carbocycles. The number of nitrogens with zero attached hydrogens (tertiary/aromatic N) is 2. The van der Waals surface area contributed by atoms with Gasteiger partial charge in [-0.2, -0.15) is 17.7 Å². The molecule has 0 unspecified atom stereocenters. The van der Waals surface area contributed by atoms with Crippen molar-refractivity contribution < 1.29 is 17.7 Å². The normalized spacial score (nSPS) is 14.8. The van der Waals surface area contributed by atoms with Gasteiger partial charge in [-0.25, -0.2) is 0 Å². The van der Waals surface area contributed by atoms with Crippen LogP contribution in [0.2, 0.25) is 0 Å². The van der Waals surface area contributed by atoms with E-state index in [9.17, 15) is 13.2 Å². The molecule has 0 spiro atoms. The predicted molar refractivity (Wildman–Crippen MR) is 152 cm³/mol. The number of aryl methyl sites for hydroxylation is 1. The van der Waals surface area contributed by atoms with E-state index in [2.05, 4.69) is 33.7 Å². The van der Waals surface area contributed by atoms with E-state index in [4.69, 9.17) is 0 Å². The highest BCUT2D eigenvalue weighted by molar-refractivity contribution is 8.03. The van der Waals surface area contributed by atoms with Gasteiger partial charge < -0.3 is 4.90 Å². The van der Waals surface area contributed by atoms with Gasteiger partial charge in [0.05, 0.1) is 16.3 Å². The van der Waals surface area contributed by atoms with Crippen molar-refractivity contribution >= 4 is 50.7 Å². The van der Waals surface area contributed by atoms with E-state index in [0.717, 1.165) is 44.5 Å². The summed E-state index contributed by atoms with van der Waals surface area (Å²) in [4.78, 5) is 3.30. The minimum atomic E-state index is -4.36. The van der Waals surface area contributed by atoms with Crippen LogP contribution in [0, 0.1) is 0 Å². The maximum Gasteiger partial charge on any atom is 0.416 e. The van der Waals surface area contributed by atoms with Gasteiger partial charge >= 0.3 is 6.18 Å². The van der Waals surface area contributed by atoms with Crippen molar-refractivity contribution in [3.63, 3.8) is 0 Å². The lowest BCUT2D eigenvalue weighted by atomic mass is 10.0. The third-order valence-corrected chi connectivity index (χ3v) is 8.27. The van der Waals surface area contributed by atoms with Gasteiger partial charge in [-0.05, 0) is 53.6 Å². The molecule has 5 rings (SSSR count). The highest BCUT2D eigenvalue weighted by atomic mass is 32.2. The summed E-state index contributed by atoms with van der Waals surface area (Å²) in [6.45, 7) is 4.00. The van der Waals surface area contributed by atoms with E-state index in [1.807, 2.05) is 76.5 Å². The van der Waals surface area contributed by atoms with Gasteiger partial charge in [0.1, 0.15) is 11.7 Å². The van der Waals surface area contributed by atoms with Crippen LogP contribution in [0.25, 0.3) is 21.9 Å². The van der Waals surface area contributed by atoms with Gasteiger partial charge in [-0.1, -0.05) is 79.4 Å². The summed E-state index contributed by atoms with van der Waals surface area (Å²) >= 11 is 3.35. The molecule has 0 saturated heterocycles. The fraction of sp³-hybridized carbons (Fsp3) is 0.167. The average Bonchev–Trinajstić information content (AvgIpc) is 3.41. The Kier molecular flexibility index (Phi) is 8.25. The molecule has 4 aromatic rings. The second-order valence-electron chi connectivity index (χ2n) is 8.13. The van der Waals surface area contributed by atoms with Gasteiger partial charge in [-0.15, -0.1) is 0 Å². The predicted octanol–water partition coefficient (Wildman–Crippen LogP) is 8.95. The van der Waals surface area contributed by atoms with Gasteiger partial charge in [0.15, 0.2) is 0 Å². The number of para-hydroxylation sites is 2. The van der Waals surface area contributed by atoms with E-state index < -0.39 is 11.7 Å². The maximum atomic E-state index is 13.1. The minimum absolute atomic E-state index is 0.652. The Bertz CT molecular complexity index is 1480. The number of aromatic nitrogens is 1. The Hall–Kier alpha value is -3.29. The summed E-state index contributed by atoms with van der Waals surface area (Å²) < 4.78 is 42.6. The van der Waals surface area contributed by atoms with Crippen molar-refractivity contribution in [3.8, 4) is 0 Å². The number of alkyl halides is 3. The SMILES string of the molecule is CC.CN1/C(=C/C=C(/C=C/c2sc3ccccc3[n+]2C)c2ccc(C(F)(F)F)cc2)Sc2ccccc21. The molecule has 0 fully saturated rings. The molecule has 0 radical (unpaired) electrons. The number of benzene rings is 3. The van der Waals surface area contributed by atoms with E-state index in [-0.39, 0.29) is 0 Å². The van der Waals surface area contributed by atoms with Gasteiger partial charge in [0.25, 0.3) is 5.01 Å². The zero-order valence-corrected chi connectivity index (χ0v) is 22.7. The number of anilines is 1. The lowest BCUT2D eigenvalue weighted by Gasteiger charge is -2.13. The van der Waals surface area contributed by atoms with Gasteiger partial charge in [0.2, 0.25) is 5.52 Å². The molecule has 7 heteroatoms. The zero-order chi connectivity index (χ0) is 26.6. The Labute approximate surface area is 224 Å². The third kappa shape index (κ3) is 5.84. The molecular weight excluding hydrogens is 509 g/mol. The molecule has 190 valence electrons. The zero-order valence-electron chi connectivity index (χ0n) is 21.1. The fourth-order valence-corrected chi connectivity index (χ4v) is 6.06. The largest absolute Gasteiger partial charge is 0.416 e. The van der Waals surface area contributed by atoms with Gasteiger partial charge in [-0.3, -0.25) is 0 Å². The van der Waals surface area contributed by atoms with Crippen LogP contribution in [0.15, 0.2) is 101 Å². The van der Waals surface area contributed by atoms with E-state index in [1.54, 1.807) is 23.1 Å². The number of rotatable bonds is 4. The Balaban J connectivity index is 0.00000156. The van der Waals surface area contributed by atoms with Crippen LogP contribution in [0.4, 0.5) is 18.9 Å². The molecule has 2 heterocycles. The van der Waals surface area contributed by atoms with Crippen LogP contribution < -0.4 is 9.47 Å². The molecule has 1 aliphatic heterocycles. The van der Waals surface area contributed by atoms with Crippen molar-refractivity contribution in [2.75, 3.05) is 11.9 Å². The molecule has 2 nitrogen and oxygen atoms in total. The smallest absolute Gasteiger partial charge is 0.338 e. The molecular formula is C30H28F3N2S2+. The fourth-order valence-electron chi connectivity index (χ4n) is 3.95. The minimum Gasteiger partial charge on any atom is -0.338 e. The lowest BCUT2D eigenvalue weighted by Crippen LogP contribution is -2.28. The van der Waals surface area contributed by atoms with E-state index in [0.29, 0.717) is 0 Å². The highest BCUT2D eigenvalue weighted by Crippen LogP contribution is 2.44. The summed E-state index contributed by atoms with van der Waals surface area (Å²) in [7, 11) is 4.03. The Morgan fingerprint density at radius 2 is 1.59 bits per heavy atom. The molecule has 0 aliphatic carbocycles. The summed E-state index contributed by atoms with van der Waals surface area (Å²) in [5.74, 6) is 0. The maximum absolute atomic E-state index is 13.1. The number of thioether (sulfide) groups is 1. The number of halogens is 3. The van der Waals surface area contributed by atoms with Gasteiger partial charge in [0, 0.05) is 24.1 Å². The van der Waals surface area contributed by atoms with E-state index in [1.165, 1.54) is 21.7 Å². The molecule has 0 N–H and O–H groups in total. The van der Waals surface area contributed by atoms with Crippen LogP contribution >= 0.6 is 23.1 Å². The number of hydrogen-bond donors (Lipinski definition) is 0. The van der Waals surface area contributed by atoms with Crippen molar-refractivity contribution in [2.45, 2.75) is 24.9 Å². The Morgan fingerprint density at radius 1 is 0.919 bits per heavy atom.